The molecule has 0 fully saturated rings. The van der Waals surface area contributed by atoms with Gasteiger partial charge in [0.2, 0.25) is 0 Å². The van der Waals surface area contributed by atoms with Crippen molar-refractivity contribution in [1.29, 1.82) is 0 Å². The van der Waals surface area contributed by atoms with Crippen LogP contribution < -0.4 is 0 Å². The second-order valence-corrected chi connectivity index (χ2v) is 6.50. The predicted molar refractivity (Wildman–Crippen MR) is 105 cm³/mol. The summed E-state index contributed by atoms with van der Waals surface area (Å²) in [7, 11) is 0. The van der Waals surface area contributed by atoms with Crippen molar-refractivity contribution in [1.82, 2.24) is 4.90 Å². The molecule has 7 heteroatoms. The summed E-state index contributed by atoms with van der Waals surface area (Å²) < 4.78 is 38.2. The van der Waals surface area contributed by atoms with E-state index in [0.717, 1.165) is 23.3 Å². The van der Waals surface area contributed by atoms with E-state index in [1.807, 2.05) is 30.3 Å². The van der Waals surface area contributed by atoms with Crippen LogP contribution in [-0.4, -0.2) is 29.7 Å². The largest absolute Gasteiger partial charge is 0.416 e. The van der Waals surface area contributed by atoms with E-state index in [2.05, 4.69) is 4.90 Å². The molecule has 2 rings (SSSR count). The van der Waals surface area contributed by atoms with E-state index in [-0.39, 0.29) is 18.4 Å². The second-order valence-electron chi connectivity index (χ2n) is 5.74. The molecule has 0 amide bonds. The van der Waals surface area contributed by atoms with E-state index in [1.165, 1.54) is 0 Å². The Bertz CT molecular complexity index is 627. The molecule has 0 aliphatic heterocycles. The van der Waals surface area contributed by atoms with Crippen molar-refractivity contribution in [3.63, 3.8) is 0 Å². The highest BCUT2D eigenvalue weighted by molar-refractivity contribution is 6.18. The smallest absolute Gasteiger partial charge is 0.294 e. The number of nitrogens with zero attached hydrogens (tertiary/aromatic N) is 1. The quantitative estimate of drug-likeness (QED) is 0.455. The van der Waals surface area contributed by atoms with Crippen LogP contribution >= 0.6 is 35.6 Å². The fourth-order valence-electron chi connectivity index (χ4n) is 2.83. The standard InChI is InChI=1S/C19H20Cl2F3N.ClH/c20-10-12-25(13-11-21)18(16-4-2-1-3-5-16)14-15-6-8-17(9-7-15)19(22,23)24;/h1-9,18H,10-14H2;1H. The molecule has 2 aromatic rings. The predicted octanol–water partition coefficient (Wildman–Crippen LogP) is 6.19. The van der Waals surface area contributed by atoms with Gasteiger partial charge < -0.3 is 0 Å². The van der Waals surface area contributed by atoms with E-state index in [0.29, 0.717) is 31.3 Å². The van der Waals surface area contributed by atoms with Gasteiger partial charge in [0.15, 0.2) is 0 Å². The Labute approximate surface area is 168 Å². The van der Waals surface area contributed by atoms with Crippen LogP contribution in [0.15, 0.2) is 54.6 Å². The molecule has 1 atom stereocenters. The molecule has 2 aromatic carbocycles. The minimum absolute atomic E-state index is 0. The number of hydrogen-bond donors (Lipinski definition) is 0. The number of halogens is 6. The van der Waals surface area contributed by atoms with Gasteiger partial charge in [-0.05, 0) is 29.7 Å². The maximum Gasteiger partial charge on any atom is 0.416 e. The molecule has 0 radical (unpaired) electrons. The van der Waals surface area contributed by atoms with Crippen LogP contribution in [0.5, 0.6) is 0 Å². The first-order valence-corrected chi connectivity index (χ1v) is 9.09. The summed E-state index contributed by atoms with van der Waals surface area (Å²) in [6.07, 6.45) is -3.73. The molecule has 0 heterocycles. The fourth-order valence-corrected chi connectivity index (χ4v) is 3.26. The Balaban J connectivity index is 0.00000338. The van der Waals surface area contributed by atoms with Crippen molar-refractivity contribution in [2.45, 2.75) is 18.6 Å². The highest BCUT2D eigenvalue weighted by Crippen LogP contribution is 2.31. The molecule has 1 nitrogen and oxygen atoms in total. The van der Waals surface area contributed by atoms with Gasteiger partial charge in [0.05, 0.1) is 5.56 Å². The summed E-state index contributed by atoms with van der Waals surface area (Å²) in [5.41, 5.74) is 1.31. The lowest BCUT2D eigenvalue weighted by Crippen LogP contribution is -2.33. The zero-order chi connectivity index (χ0) is 18.3. The Kier molecular flexibility index (Phi) is 9.80. The van der Waals surface area contributed by atoms with Crippen molar-refractivity contribution in [3.05, 3.63) is 71.3 Å². The van der Waals surface area contributed by atoms with Gasteiger partial charge in [0.25, 0.3) is 0 Å². The number of hydrogen-bond acceptors (Lipinski definition) is 1. The summed E-state index contributed by atoms with van der Waals surface area (Å²) in [6.45, 7) is 1.32. The molecule has 0 saturated heterocycles. The first-order chi connectivity index (χ1) is 12.0. The number of alkyl halides is 5. The Morgan fingerprint density at radius 2 is 1.38 bits per heavy atom. The van der Waals surface area contributed by atoms with Gasteiger partial charge >= 0.3 is 6.18 Å². The first-order valence-electron chi connectivity index (χ1n) is 8.02. The number of rotatable bonds is 8. The maximum absolute atomic E-state index is 12.7. The van der Waals surface area contributed by atoms with Crippen LogP contribution in [0.1, 0.15) is 22.7 Å². The summed E-state index contributed by atoms with van der Waals surface area (Å²) >= 11 is 11.9. The molecule has 0 aromatic heterocycles. The Morgan fingerprint density at radius 3 is 1.85 bits per heavy atom. The molecule has 144 valence electrons. The third-order valence-electron chi connectivity index (χ3n) is 4.08. The first kappa shape index (κ1) is 23.1. The molecule has 0 N–H and O–H groups in total. The minimum atomic E-state index is -4.32. The third kappa shape index (κ3) is 6.66. The zero-order valence-electron chi connectivity index (χ0n) is 14.1. The van der Waals surface area contributed by atoms with Gasteiger partial charge in [-0.2, -0.15) is 13.2 Å². The van der Waals surface area contributed by atoms with E-state index >= 15 is 0 Å². The lowest BCUT2D eigenvalue weighted by Gasteiger charge is -2.31. The molecular weight excluding hydrogens is 406 g/mol. The van der Waals surface area contributed by atoms with Crippen LogP contribution in [0.2, 0.25) is 0 Å². The molecule has 0 spiro atoms. The Morgan fingerprint density at radius 1 is 0.846 bits per heavy atom. The normalized spacial score (nSPS) is 12.7. The van der Waals surface area contributed by atoms with Gasteiger partial charge in [0, 0.05) is 30.9 Å². The molecule has 0 aliphatic carbocycles. The molecule has 0 bridgehead atoms. The monoisotopic (exact) mass is 425 g/mol. The minimum Gasteiger partial charge on any atom is -0.294 e. The van der Waals surface area contributed by atoms with Crippen molar-refractivity contribution in [3.8, 4) is 0 Å². The highest BCUT2D eigenvalue weighted by Gasteiger charge is 2.30. The molecule has 0 saturated carbocycles. The average Bonchev–Trinajstić information content (AvgIpc) is 2.60. The van der Waals surface area contributed by atoms with E-state index in [1.54, 1.807) is 12.1 Å². The van der Waals surface area contributed by atoms with Crippen LogP contribution in [0.25, 0.3) is 0 Å². The van der Waals surface area contributed by atoms with Crippen molar-refractivity contribution in [2.75, 3.05) is 24.8 Å². The van der Waals surface area contributed by atoms with E-state index < -0.39 is 11.7 Å². The van der Waals surface area contributed by atoms with Gasteiger partial charge in [-0.3, -0.25) is 4.90 Å². The van der Waals surface area contributed by atoms with Gasteiger partial charge in [-0.25, -0.2) is 0 Å². The molecule has 26 heavy (non-hydrogen) atoms. The fraction of sp³-hybridized carbons (Fsp3) is 0.368. The lowest BCUT2D eigenvalue weighted by molar-refractivity contribution is -0.137. The van der Waals surface area contributed by atoms with E-state index in [4.69, 9.17) is 23.2 Å². The summed E-state index contributed by atoms with van der Waals surface area (Å²) in [5, 5.41) is 0. The molecule has 0 aliphatic rings. The molecule has 1 unspecified atom stereocenters. The van der Waals surface area contributed by atoms with Crippen molar-refractivity contribution >= 4 is 35.6 Å². The summed E-state index contributed by atoms with van der Waals surface area (Å²) in [5.74, 6) is 0.931. The van der Waals surface area contributed by atoms with Gasteiger partial charge in [0.1, 0.15) is 0 Å². The zero-order valence-corrected chi connectivity index (χ0v) is 16.4. The maximum atomic E-state index is 12.7. The van der Waals surface area contributed by atoms with Crippen molar-refractivity contribution in [2.24, 2.45) is 0 Å². The SMILES string of the molecule is Cl.FC(F)(F)c1ccc(CC(c2ccccc2)N(CCCl)CCCl)cc1. The van der Waals surface area contributed by atoms with Crippen molar-refractivity contribution < 1.29 is 13.2 Å². The highest BCUT2D eigenvalue weighted by atomic mass is 35.5. The molecular formula is C19H21Cl3F3N. The van der Waals surface area contributed by atoms with Gasteiger partial charge in [-0.1, -0.05) is 42.5 Å². The third-order valence-corrected chi connectivity index (χ3v) is 4.42. The summed E-state index contributed by atoms with van der Waals surface area (Å²) in [6, 6.07) is 15.2. The number of benzene rings is 2. The van der Waals surface area contributed by atoms with Crippen LogP contribution in [0.3, 0.4) is 0 Å². The topological polar surface area (TPSA) is 3.24 Å². The second kappa shape index (κ2) is 11.0. The van der Waals surface area contributed by atoms with Crippen LogP contribution in [0.4, 0.5) is 13.2 Å². The average molecular weight is 427 g/mol. The summed E-state index contributed by atoms with van der Waals surface area (Å²) in [4.78, 5) is 2.17. The van der Waals surface area contributed by atoms with Crippen LogP contribution in [0, 0.1) is 0 Å². The lowest BCUT2D eigenvalue weighted by atomic mass is 9.96. The van der Waals surface area contributed by atoms with Crippen LogP contribution in [-0.2, 0) is 12.6 Å². The van der Waals surface area contributed by atoms with Gasteiger partial charge in [-0.15, -0.1) is 35.6 Å². The van der Waals surface area contributed by atoms with E-state index in [9.17, 15) is 13.2 Å². The Hall–Kier alpha value is -0.940.